The predicted octanol–water partition coefficient (Wildman–Crippen LogP) is 1.71. The van der Waals surface area contributed by atoms with Gasteiger partial charge in [0.15, 0.2) is 0 Å². The highest BCUT2D eigenvalue weighted by atomic mass is 19.1. The van der Waals surface area contributed by atoms with E-state index in [1.807, 2.05) is 0 Å². The molecule has 1 heterocycles. The summed E-state index contributed by atoms with van der Waals surface area (Å²) < 4.78 is 18.6. The molecule has 0 aromatic heterocycles. The number of nitrogens with one attached hydrogen (secondary N) is 2. The lowest BCUT2D eigenvalue weighted by molar-refractivity contribution is 0.0343. The van der Waals surface area contributed by atoms with E-state index in [1.165, 1.54) is 6.07 Å². The van der Waals surface area contributed by atoms with Gasteiger partial charge in [0, 0.05) is 12.3 Å². The largest absolute Gasteiger partial charge is 0.360 e. The van der Waals surface area contributed by atoms with E-state index in [1.54, 1.807) is 12.1 Å². The maximum absolute atomic E-state index is 13.1. The van der Waals surface area contributed by atoms with Crippen molar-refractivity contribution >= 4 is 25.0 Å². The Morgan fingerprint density at radius 2 is 2.29 bits per heavy atom. The standard InChI is InChI=1S/C12H14BFN2O/c13-8-4-5-10(9(7-8)12(14)15)16-11-3-1-2-6-17-11/h4-5,7,11,15-16H,1-3,6H2. The minimum Gasteiger partial charge on any atom is -0.360 e. The second-order valence-corrected chi connectivity index (χ2v) is 4.12. The van der Waals surface area contributed by atoms with Crippen molar-refractivity contribution in [2.45, 2.75) is 25.5 Å². The van der Waals surface area contributed by atoms with Crippen LogP contribution in [-0.4, -0.2) is 26.6 Å². The van der Waals surface area contributed by atoms with E-state index in [2.05, 4.69) is 5.32 Å². The Morgan fingerprint density at radius 3 is 2.94 bits per heavy atom. The molecule has 3 nitrogen and oxygen atoms in total. The van der Waals surface area contributed by atoms with Crippen molar-refractivity contribution in [1.82, 2.24) is 0 Å². The molecule has 1 unspecified atom stereocenters. The lowest BCUT2D eigenvalue weighted by Crippen LogP contribution is -2.28. The summed E-state index contributed by atoms with van der Waals surface area (Å²) in [7, 11) is 5.58. The van der Waals surface area contributed by atoms with Crippen LogP contribution in [0.3, 0.4) is 0 Å². The Balaban J connectivity index is 2.16. The number of ether oxygens (including phenoxy) is 1. The third kappa shape index (κ3) is 3.06. The molecule has 0 bridgehead atoms. The van der Waals surface area contributed by atoms with Crippen LogP contribution in [-0.2, 0) is 4.74 Å². The van der Waals surface area contributed by atoms with Crippen molar-refractivity contribution in [3.05, 3.63) is 23.8 Å². The third-order valence-corrected chi connectivity index (χ3v) is 2.78. The van der Waals surface area contributed by atoms with E-state index < -0.39 is 5.97 Å². The van der Waals surface area contributed by atoms with Crippen LogP contribution in [0.25, 0.3) is 0 Å². The van der Waals surface area contributed by atoms with Gasteiger partial charge in [-0.15, -0.1) is 0 Å². The SMILES string of the molecule is [B]c1ccc(NC2CCCCO2)c(C(=N)F)c1. The molecule has 88 valence electrons. The zero-order valence-electron chi connectivity index (χ0n) is 9.50. The van der Waals surface area contributed by atoms with Crippen LogP contribution < -0.4 is 10.8 Å². The van der Waals surface area contributed by atoms with Gasteiger partial charge in [-0.1, -0.05) is 17.6 Å². The Kier molecular flexibility index (Phi) is 3.79. The van der Waals surface area contributed by atoms with Gasteiger partial charge in [0.25, 0.3) is 0 Å². The maximum Gasteiger partial charge on any atom is 0.214 e. The minimum atomic E-state index is -0.990. The van der Waals surface area contributed by atoms with Gasteiger partial charge >= 0.3 is 0 Å². The zero-order valence-corrected chi connectivity index (χ0v) is 9.50. The van der Waals surface area contributed by atoms with Gasteiger partial charge < -0.3 is 10.1 Å². The molecule has 2 radical (unpaired) electrons. The highest BCUT2D eigenvalue weighted by molar-refractivity contribution is 6.32. The van der Waals surface area contributed by atoms with Crippen LogP contribution in [0.4, 0.5) is 10.1 Å². The minimum absolute atomic E-state index is 0.106. The van der Waals surface area contributed by atoms with Gasteiger partial charge in [0.1, 0.15) is 14.1 Å². The van der Waals surface area contributed by atoms with Crippen LogP contribution in [0, 0.1) is 5.41 Å². The topological polar surface area (TPSA) is 45.1 Å². The number of halogens is 1. The van der Waals surface area contributed by atoms with Crippen molar-refractivity contribution in [3.63, 3.8) is 0 Å². The number of rotatable bonds is 3. The summed E-state index contributed by atoms with van der Waals surface area (Å²) >= 11 is 0. The second kappa shape index (κ2) is 5.32. The molecule has 1 aromatic carbocycles. The highest BCUT2D eigenvalue weighted by Crippen LogP contribution is 2.20. The zero-order chi connectivity index (χ0) is 12.3. The molecular formula is C12H14BFN2O. The number of benzene rings is 1. The normalized spacial score (nSPS) is 19.9. The molecule has 0 spiro atoms. The molecule has 1 aliphatic heterocycles. The predicted molar refractivity (Wildman–Crippen MR) is 67.0 cm³/mol. The second-order valence-electron chi connectivity index (χ2n) is 4.12. The van der Waals surface area contributed by atoms with Gasteiger partial charge in [-0.05, 0) is 25.3 Å². The fourth-order valence-electron chi connectivity index (χ4n) is 1.90. The van der Waals surface area contributed by atoms with E-state index in [9.17, 15) is 4.39 Å². The molecule has 5 heteroatoms. The van der Waals surface area contributed by atoms with Gasteiger partial charge in [-0.3, -0.25) is 5.41 Å². The summed E-state index contributed by atoms with van der Waals surface area (Å²) in [4.78, 5) is 0. The van der Waals surface area contributed by atoms with Crippen LogP contribution in [0.1, 0.15) is 24.8 Å². The number of hydrogen-bond donors (Lipinski definition) is 2. The quantitative estimate of drug-likeness (QED) is 0.615. The molecule has 1 fully saturated rings. The monoisotopic (exact) mass is 232 g/mol. The van der Waals surface area contributed by atoms with Crippen molar-refractivity contribution < 1.29 is 9.13 Å². The summed E-state index contributed by atoms with van der Waals surface area (Å²) in [5.74, 6) is -0.990. The van der Waals surface area contributed by atoms with Crippen LogP contribution >= 0.6 is 0 Å². The van der Waals surface area contributed by atoms with Crippen molar-refractivity contribution in [2.24, 2.45) is 0 Å². The first kappa shape index (κ1) is 12.1. The lowest BCUT2D eigenvalue weighted by atomic mass is 9.93. The van der Waals surface area contributed by atoms with Crippen molar-refractivity contribution in [2.75, 3.05) is 11.9 Å². The van der Waals surface area contributed by atoms with E-state index >= 15 is 0 Å². The van der Waals surface area contributed by atoms with E-state index in [4.69, 9.17) is 18.0 Å². The van der Waals surface area contributed by atoms with Gasteiger partial charge in [0.05, 0.1) is 5.56 Å². The van der Waals surface area contributed by atoms with Crippen LogP contribution in [0.2, 0.25) is 0 Å². The summed E-state index contributed by atoms with van der Waals surface area (Å²) in [6.07, 6.45) is 2.94. The average Bonchev–Trinajstić information content (AvgIpc) is 2.32. The van der Waals surface area contributed by atoms with E-state index in [0.29, 0.717) is 11.2 Å². The first-order chi connectivity index (χ1) is 8.16. The van der Waals surface area contributed by atoms with Gasteiger partial charge in [-0.2, -0.15) is 4.39 Å². The summed E-state index contributed by atoms with van der Waals surface area (Å²) in [5, 5.41) is 10.2. The van der Waals surface area contributed by atoms with Crippen molar-refractivity contribution in [1.29, 1.82) is 5.41 Å². The lowest BCUT2D eigenvalue weighted by Gasteiger charge is -2.25. The molecule has 0 saturated carbocycles. The Bertz CT molecular complexity index is 419. The maximum atomic E-state index is 13.1. The third-order valence-electron chi connectivity index (χ3n) is 2.78. The van der Waals surface area contributed by atoms with Crippen molar-refractivity contribution in [3.8, 4) is 0 Å². The molecule has 2 N–H and O–H groups in total. The summed E-state index contributed by atoms with van der Waals surface area (Å²) in [5.41, 5.74) is 1.18. The first-order valence-corrected chi connectivity index (χ1v) is 5.69. The van der Waals surface area contributed by atoms with E-state index in [0.717, 1.165) is 25.9 Å². The average molecular weight is 232 g/mol. The Morgan fingerprint density at radius 1 is 1.47 bits per heavy atom. The molecule has 1 saturated heterocycles. The smallest absolute Gasteiger partial charge is 0.214 e. The molecule has 1 aromatic rings. The molecule has 2 rings (SSSR count). The summed E-state index contributed by atoms with van der Waals surface area (Å²) in [6.45, 7) is 0.717. The highest BCUT2D eigenvalue weighted by Gasteiger charge is 2.16. The van der Waals surface area contributed by atoms with Crippen LogP contribution in [0.15, 0.2) is 18.2 Å². The van der Waals surface area contributed by atoms with Gasteiger partial charge in [0.2, 0.25) is 5.97 Å². The Labute approximate surface area is 101 Å². The molecular weight excluding hydrogens is 218 g/mol. The summed E-state index contributed by atoms with van der Waals surface area (Å²) in [6, 6.07) is 4.81. The fourth-order valence-corrected chi connectivity index (χ4v) is 1.90. The molecule has 1 aliphatic rings. The molecule has 0 amide bonds. The fraction of sp³-hybridized carbons (Fsp3) is 0.417. The molecule has 1 atom stereocenters. The number of anilines is 1. The van der Waals surface area contributed by atoms with Crippen LogP contribution in [0.5, 0.6) is 0 Å². The van der Waals surface area contributed by atoms with Gasteiger partial charge in [-0.25, -0.2) is 0 Å². The Hall–Kier alpha value is -1.36. The molecule has 0 aliphatic carbocycles. The molecule has 17 heavy (non-hydrogen) atoms. The van der Waals surface area contributed by atoms with E-state index in [-0.39, 0.29) is 11.8 Å². The number of hydrogen-bond acceptors (Lipinski definition) is 3. The first-order valence-electron chi connectivity index (χ1n) is 5.69.